The summed E-state index contributed by atoms with van der Waals surface area (Å²) < 4.78 is 27.1. The van der Waals surface area contributed by atoms with Gasteiger partial charge >= 0.3 is 0 Å². The first kappa shape index (κ1) is 18.7. The minimum absolute atomic E-state index is 0.0161. The molecule has 0 radical (unpaired) electrons. The van der Waals surface area contributed by atoms with E-state index in [4.69, 9.17) is 0 Å². The lowest BCUT2D eigenvalue weighted by molar-refractivity contribution is 0.0998. The Hall–Kier alpha value is -2.64. The molecule has 0 aliphatic carbocycles. The molecule has 28 heavy (non-hydrogen) atoms. The van der Waals surface area contributed by atoms with Gasteiger partial charge in [0.05, 0.1) is 18.0 Å². The molecule has 7 heteroatoms. The van der Waals surface area contributed by atoms with Gasteiger partial charge in [-0.05, 0) is 54.3 Å². The van der Waals surface area contributed by atoms with Crippen molar-refractivity contribution < 1.29 is 18.3 Å². The molecule has 146 valence electrons. The largest absolute Gasteiger partial charge is 0.394 e. The van der Waals surface area contributed by atoms with Gasteiger partial charge in [0.2, 0.25) is 5.78 Å². The van der Waals surface area contributed by atoms with E-state index >= 15 is 0 Å². The molecule has 0 spiro atoms. The van der Waals surface area contributed by atoms with E-state index in [2.05, 4.69) is 4.90 Å². The fourth-order valence-corrected chi connectivity index (χ4v) is 5.54. The van der Waals surface area contributed by atoms with Gasteiger partial charge in [-0.3, -0.25) is 9.10 Å². The minimum atomic E-state index is -3.90. The maximum absolute atomic E-state index is 13.1. The van der Waals surface area contributed by atoms with Crippen molar-refractivity contribution in [1.29, 1.82) is 0 Å². The van der Waals surface area contributed by atoms with Crippen LogP contribution in [0.4, 0.5) is 5.69 Å². The fourth-order valence-electron chi connectivity index (χ4n) is 3.90. The van der Waals surface area contributed by atoms with Crippen LogP contribution in [-0.2, 0) is 16.4 Å². The number of ketones is 1. The van der Waals surface area contributed by atoms with Crippen LogP contribution in [-0.4, -0.2) is 50.4 Å². The lowest BCUT2D eigenvalue weighted by atomic mass is 9.98. The van der Waals surface area contributed by atoms with E-state index in [1.54, 1.807) is 18.2 Å². The van der Waals surface area contributed by atoms with E-state index in [1.807, 2.05) is 25.2 Å². The number of nitrogens with zero attached hydrogens (tertiary/aromatic N) is 2. The van der Waals surface area contributed by atoms with Crippen LogP contribution >= 0.6 is 0 Å². The van der Waals surface area contributed by atoms with Gasteiger partial charge < -0.3 is 10.0 Å². The average molecular weight is 398 g/mol. The Morgan fingerprint density at radius 2 is 1.96 bits per heavy atom. The molecule has 2 aliphatic rings. The van der Waals surface area contributed by atoms with Gasteiger partial charge in [-0.1, -0.05) is 18.2 Å². The van der Waals surface area contributed by atoms with E-state index in [-0.39, 0.29) is 35.1 Å². The van der Waals surface area contributed by atoms with E-state index in [0.29, 0.717) is 0 Å². The van der Waals surface area contributed by atoms with Crippen LogP contribution in [0, 0.1) is 0 Å². The number of aryl methyl sites for hydroxylation is 1. The molecule has 0 saturated carbocycles. The monoisotopic (exact) mass is 398 g/mol. The van der Waals surface area contributed by atoms with Crippen LogP contribution < -0.4 is 4.90 Å². The highest BCUT2D eigenvalue weighted by Gasteiger charge is 2.38. The molecule has 2 aromatic rings. The van der Waals surface area contributed by atoms with Crippen molar-refractivity contribution in [2.45, 2.75) is 17.7 Å². The number of carbonyl (C=O) groups is 1. The molecule has 4 rings (SSSR count). The molecule has 0 amide bonds. The van der Waals surface area contributed by atoms with Crippen molar-refractivity contribution in [3.8, 4) is 0 Å². The number of aliphatic hydroxyl groups is 1. The first-order valence-corrected chi connectivity index (χ1v) is 10.7. The standard InChI is InChI=1S/C21H22N2O4S/c1-22-10-4-5-16-13-15(8-9-18(16)22)14-19-21(25)17-6-2-3-7-20(17)28(26,27)23(19)11-12-24/h2-3,6-9,13-14,24H,4-5,10-12H2,1H3/b19-14+. The van der Waals surface area contributed by atoms with Gasteiger partial charge in [0.1, 0.15) is 5.70 Å². The van der Waals surface area contributed by atoms with Crippen LogP contribution in [0.3, 0.4) is 0 Å². The summed E-state index contributed by atoms with van der Waals surface area (Å²) in [6.45, 7) is 0.466. The number of aliphatic hydroxyl groups excluding tert-OH is 1. The molecule has 0 unspecified atom stereocenters. The molecule has 0 saturated heterocycles. The molecule has 6 nitrogen and oxygen atoms in total. The number of benzene rings is 2. The molecular weight excluding hydrogens is 376 g/mol. The third-order valence-electron chi connectivity index (χ3n) is 5.26. The lowest BCUT2D eigenvalue weighted by Crippen LogP contribution is -2.40. The van der Waals surface area contributed by atoms with Crippen LogP contribution in [0.25, 0.3) is 6.08 Å². The third kappa shape index (κ3) is 3.00. The number of carbonyl (C=O) groups excluding carboxylic acids is 1. The summed E-state index contributed by atoms with van der Waals surface area (Å²) in [5.41, 5.74) is 3.35. The first-order chi connectivity index (χ1) is 13.4. The first-order valence-electron chi connectivity index (χ1n) is 9.26. The summed E-state index contributed by atoms with van der Waals surface area (Å²) in [6.07, 6.45) is 3.62. The lowest BCUT2D eigenvalue weighted by Gasteiger charge is -2.31. The third-order valence-corrected chi connectivity index (χ3v) is 7.13. The van der Waals surface area contributed by atoms with Crippen LogP contribution in [0.1, 0.15) is 27.9 Å². The van der Waals surface area contributed by atoms with Gasteiger partial charge in [0.15, 0.2) is 0 Å². The highest BCUT2D eigenvalue weighted by molar-refractivity contribution is 7.89. The van der Waals surface area contributed by atoms with E-state index in [1.165, 1.54) is 17.7 Å². The number of anilines is 1. The summed E-state index contributed by atoms with van der Waals surface area (Å²) >= 11 is 0. The van der Waals surface area contributed by atoms with E-state index < -0.39 is 10.0 Å². The van der Waals surface area contributed by atoms with Gasteiger partial charge in [-0.2, -0.15) is 0 Å². The number of hydrogen-bond acceptors (Lipinski definition) is 5. The zero-order valence-corrected chi connectivity index (χ0v) is 16.4. The Bertz CT molecular complexity index is 1080. The highest BCUT2D eigenvalue weighted by Crippen LogP contribution is 2.34. The van der Waals surface area contributed by atoms with Crippen molar-refractivity contribution >= 4 is 27.6 Å². The molecule has 1 N–H and O–H groups in total. The topological polar surface area (TPSA) is 77.9 Å². The minimum Gasteiger partial charge on any atom is -0.394 e. The Kier molecular flexibility index (Phi) is 4.72. The molecule has 2 aromatic carbocycles. The van der Waals surface area contributed by atoms with Crippen molar-refractivity contribution in [3.63, 3.8) is 0 Å². The number of allylic oxidation sites excluding steroid dienone is 1. The predicted molar refractivity (Wildman–Crippen MR) is 108 cm³/mol. The van der Waals surface area contributed by atoms with Crippen LogP contribution in [0.5, 0.6) is 0 Å². The van der Waals surface area contributed by atoms with E-state index in [9.17, 15) is 18.3 Å². The Balaban J connectivity index is 1.84. The number of rotatable bonds is 3. The number of β-amino-alcohol motifs (C(OH)–C–C–N with tert-alkyl or cyclic N) is 1. The normalized spacial score (nSPS) is 19.5. The predicted octanol–water partition coefficient (Wildman–Crippen LogP) is 2.29. The fraction of sp³-hybridized carbons (Fsp3) is 0.286. The second kappa shape index (κ2) is 7.07. The summed E-state index contributed by atoms with van der Waals surface area (Å²) in [5.74, 6) is -0.353. The molecule has 2 heterocycles. The average Bonchev–Trinajstić information content (AvgIpc) is 2.69. The van der Waals surface area contributed by atoms with Gasteiger partial charge in [0, 0.05) is 24.8 Å². The Morgan fingerprint density at radius 3 is 2.75 bits per heavy atom. The Morgan fingerprint density at radius 1 is 1.18 bits per heavy atom. The number of Topliss-reactive ketones (excluding diaryl/α,β-unsaturated/α-hetero) is 1. The molecule has 2 aliphatic heterocycles. The van der Waals surface area contributed by atoms with Gasteiger partial charge in [-0.25, -0.2) is 8.42 Å². The van der Waals surface area contributed by atoms with Gasteiger partial charge in [-0.15, -0.1) is 0 Å². The molecule has 0 atom stereocenters. The quantitative estimate of drug-likeness (QED) is 0.803. The second-order valence-corrected chi connectivity index (χ2v) is 8.90. The van der Waals surface area contributed by atoms with E-state index in [0.717, 1.165) is 34.9 Å². The molecular formula is C21H22N2O4S. The number of hydrogen-bond donors (Lipinski definition) is 1. The van der Waals surface area contributed by atoms with Gasteiger partial charge in [0.25, 0.3) is 10.0 Å². The zero-order chi connectivity index (χ0) is 19.9. The van der Waals surface area contributed by atoms with Crippen molar-refractivity contribution in [2.75, 3.05) is 31.6 Å². The number of fused-ring (bicyclic) bond motifs is 2. The summed E-state index contributed by atoms with van der Waals surface area (Å²) in [5, 5.41) is 9.41. The van der Waals surface area contributed by atoms with Crippen molar-refractivity contribution in [2.24, 2.45) is 0 Å². The molecule has 0 fully saturated rings. The second-order valence-electron chi connectivity index (χ2n) is 7.07. The Labute approximate surface area is 164 Å². The molecule has 0 aromatic heterocycles. The molecule has 0 bridgehead atoms. The van der Waals surface area contributed by atoms with Crippen molar-refractivity contribution in [1.82, 2.24) is 4.31 Å². The smallest absolute Gasteiger partial charge is 0.265 e. The maximum atomic E-state index is 13.1. The zero-order valence-electron chi connectivity index (χ0n) is 15.6. The summed E-state index contributed by atoms with van der Waals surface area (Å²) in [7, 11) is -1.85. The van der Waals surface area contributed by atoms with Crippen LogP contribution in [0.2, 0.25) is 0 Å². The van der Waals surface area contributed by atoms with Crippen molar-refractivity contribution in [3.05, 3.63) is 64.9 Å². The highest BCUT2D eigenvalue weighted by atomic mass is 32.2. The summed E-state index contributed by atoms with van der Waals surface area (Å²) in [6, 6.07) is 12.1. The summed E-state index contributed by atoms with van der Waals surface area (Å²) in [4.78, 5) is 15.2. The van der Waals surface area contributed by atoms with Crippen LogP contribution in [0.15, 0.2) is 53.1 Å². The number of sulfonamides is 1. The SMILES string of the molecule is CN1CCCc2cc(/C=C3\C(=O)c4ccccc4S(=O)(=O)N3CCO)ccc21. The maximum Gasteiger partial charge on any atom is 0.265 e.